The Balaban J connectivity index is 1.31. The van der Waals surface area contributed by atoms with Gasteiger partial charge < -0.3 is 42.0 Å². The van der Waals surface area contributed by atoms with E-state index in [2.05, 4.69) is 26.6 Å². The SMILES string of the molecule is CCCCC(NC(=O)C(CCCC)NC(=O)CNC(=O)C(=O)C(CCC)NC(=O)[C@@H]1C[C@@H](OCc2ccccc2)CN1C(=O)C(NC(=O)[C@H]1CCCC[C@@H]1C(=O)c1ccccc1)C1CCCCC1)C(N)=O. The molecule has 5 rings (SSSR count). The summed E-state index contributed by atoms with van der Waals surface area (Å²) in [5, 5.41) is 13.4. The van der Waals surface area contributed by atoms with Crippen LogP contribution in [0.5, 0.6) is 0 Å². The maximum absolute atomic E-state index is 15.1. The number of ketones is 2. The second-order valence-corrected chi connectivity index (χ2v) is 19.5. The lowest BCUT2D eigenvalue weighted by molar-refractivity contribution is -0.145. The normalized spacial score (nSPS) is 20.9. The Morgan fingerprint density at radius 2 is 1.28 bits per heavy atom. The third-order valence-electron chi connectivity index (χ3n) is 14.2. The van der Waals surface area contributed by atoms with Gasteiger partial charge in [-0.25, -0.2) is 0 Å². The molecule has 1 heterocycles. The van der Waals surface area contributed by atoms with Gasteiger partial charge in [0.05, 0.1) is 25.3 Å². The Labute approximate surface area is 418 Å². The summed E-state index contributed by atoms with van der Waals surface area (Å²) < 4.78 is 6.32. The second-order valence-electron chi connectivity index (χ2n) is 19.5. The van der Waals surface area contributed by atoms with Crippen molar-refractivity contribution in [3.63, 3.8) is 0 Å². The summed E-state index contributed by atoms with van der Waals surface area (Å²) in [6, 6.07) is 13.1. The highest BCUT2D eigenvalue weighted by molar-refractivity contribution is 6.38. The average Bonchev–Trinajstić information content (AvgIpc) is 3.83. The minimum atomic E-state index is -1.31. The predicted molar refractivity (Wildman–Crippen MR) is 267 cm³/mol. The van der Waals surface area contributed by atoms with Crippen LogP contribution in [0.4, 0.5) is 0 Å². The molecule has 2 saturated carbocycles. The molecule has 2 aromatic carbocycles. The molecule has 2 aromatic rings. The van der Waals surface area contributed by atoms with Crippen LogP contribution in [0.1, 0.15) is 152 Å². The highest BCUT2D eigenvalue weighted by atomic mass is 16.5. The number of unbranched alkanes of at least 4 members (excludes halogenated alkanes) is 2. The zero-order valence-electron chi connectivity index (χ0n) is 41.9. The number of ether oxygens (including phenoxy) is 1. The number of carbonyl (C=O) groups excluding carboxylic acids is 9. The molecule has 1 aliphatic heterocycles. The number of Topliss-reactive ketones (excluding diaryl/α,β-unsaturated/α-hetero) is 2. The molecule has 4 unspecified atom stereocenters. The molecular weight excluding hydrogens is 907 g/mol. The summed E-state index contributed by atoms with van der Waals surface area (Å²) in [5.41, 5.74) is 6.95. The quantitative estimate of drug-likeness (QED) is 0.0530. The molecule has 7 N–H and O–H groups in total. The van der Waals surface area contributed by atoms with Gasteiger partial charge in [-0.05, 0) is 56.4 Å². The van der Waals surface area contributed by atoms with Crippen molar-refractivity contribution in [1.29, 1.82) is 0 Å². The van der Waals surface area contributed by atoms with E-state index in [1.54, 1.807) is 31.2 Å². The van der Waals surface area contributed by atoms with Crippen molar-refractivity contribution < 1.29 is 47.9 Å². The Hall–Kier alpha value is -5.97. The smallest absolute Gasteiger partial charge is 0.290 e. The van der Waals surface area contributed by atoms with Crippen LogP contribution >= 0.6 is 0 Å². The van der Waals surface area contributed by atoms with Gasteiger partial charge in [0.15, 0.2) is 5.78 Å². The lowest BCUT2D eigenvalue weighted by Crippen LogP contribution is -2.59. The van der Waals surface area contributed by atoms with E-state index in [1.807, 2.05) is 50.2 Å². The maximum Gasteiger partial charge on any atom is 0.290 e. The monoisotopic (exact) mass is 984 g/mol. The molecule has 0 bridgehead atoms. The fourth-order valence-corrected chi connectivity index (χ4v) is 10.2. The van der Waals surface area contributed by atoms with E-state index in [-0.39, 0.29) is 50.0 Å². The van der Waals surface area contributed by atoms with Crippen LogP contribution in [0.25, 0.3) is 0 Å². The van der Waals surface area contributed by atoms with Crippen molar-refractivity contribution in [3.05, 3.63) is 71.8 Å². The number of primary amides is 1. The van der Waals surface area contributed by atoms with Gasteiger partial charge in [-0.3, -0.25) is 43.2 Å². The number of rotatable bonds is 27. The lowest BCUT2D eigenvalue weighted by Gasteiger charge is -2.37. The number of hydrogen-bond acceptors (Lipinski definition) is 10. The fourth-order valence-electron chi connectivity index (χ4n) is 10.2. The summed E-state index contributed by atoms with van der Waals surface area (Å²) in [4.78, 5) is 125. The van der Waals surface area contributed by atoms with Crippen LogP contribution in [0.15, 0.2) is 60.7 Å². The maximum atomic E-state index is 15.1. The summed E-state index contributed by atoms with van der Waals surface area (Å²) in [5.74, 6) is -7.11. The molecule has 7 amide bonds. The molecule has 388 valence electrons. The lowest BCUT2D eigenvalue weighted by atomic mass is 9.74. The van der Waals surface area contributed by atoms with E-state index in [4.69, 9.17) is 10.5 Å². The van der Waals surface area contributed by atoms with Crippen molar-refractivity contribution >= 4 is 52.9 Å². The number of likely N-dealkylation sites (tertiary alicyclic amines) is 1. The van der Waals surface area contributed by atoms with Gasteiger partial charge in [-0.1, -0.05) is 146 Å². The first-order chi connectivity index (χ1) is 34.3. The summed E-state index contributed by atoms with van der Waals surface area (Å²) in [6.45, 7) is 5.23. The molecule has 3 fully saturated rings. The molecule has 0 spiro atoms. The molecular formula is C54H77N7O10. The number of carbonyl (C=O) groups is 9. The highest BCUT2D eigenvalue weighted by Gasteiger charge is 2.46. The zero-order chi connectivity index (χ0) is 51.3. The van der Waals surface area contributed by atoms with E-state index in [1.165, 1.54) is 4.90 Å². The Kier molecular flexibility index (Phi) is 22.7. The Morgan fingerprint density at radius 3 is 1.92 bits per heavy atom. The number of nitrogens with zero attached hydrogens (tertiary/aromatic N) is 1. The van der Waals surface area contributed by atoms with E-state index in [9.17, 15) is 38.4 Å². The Bertz CT molecular complexity index is 2120. The molecule has 1 saturated heterocycles. The largest absolute Gasteiger partial charge is 0.372 e. The van der Waals surface area contributed by atoms with Crippen LogP contribution < -0.4 is 32.3 Å². The van der Waals surface area contributed by atoms with Crippen molar-refractivity contribution in [2.24, 2.45) is 23.5 Å². The van der Waals surface area contributed by atoms with Gasteiger partial charge in [0.1, 0.15) is 24.2 Å². The molecule has 2 aliphatic carbocycles. The van der Waals surface area contributed by atoms with Crippen LogP contribution in [0.2, 0.25) is 0 Å². The van der Waals surface area contributed by atoms with Crippen LogP contribution in [0, 0.1) is 17.8 Å². The van der Waals surface area contributed by atoms with Crippen molar-refractivity contribution in [1.82, 2.24) is 31.5 Å². The summed E-state index contributed by atoms with van der Waals surface area (Å²) >= 11 is 0. The summed E-state index contributed by atoms with van der Waals surface area (Å²) in [6.07, 6.45) is 10.0. The first kappa shape index (κ1) is 56.0. The van der Waals surface area contributed by atoms with E-state index in [0.717, 1.165) is 50.5 Å². The number of hydrogen-bond donors (Lipinski definition) is 6. The third-order valence-corrected chi connectivity index (χ3v) is 14.2. The van der Waals surface area contributed by atoms with E-state index < -0.39 is 95.9 Å². The summed E-state index contributed by atoms with van der Waals surface area (Å²) in [7, 11) is 0. The van der Waals surface area contributed by atoms with Crippen molar-refractivity contribution in [2.75, 3.05) is 13.1 Å². The molecule has 71 heavy (non-hydrogen) atoms. The molecule has 17 heteroatoms. The van der Waals surface area contributed by atoms with Gasteiger partial charge in [-0.15, -0.1) is 0 Å². The topological polar surface area (TPSA) is 252 Å². The predicted octanol–water partition coefficient (Wildman–Crippen LogP) is 4.73. The zero-order valence-corrected chi connectivity index (χ0v) is 41.9. The first-order valence-corrected chi connectivity index (χ1v) is 26.1. The van der Waals surface area contributed by atoms with Crippen LogP contribution in [-0.2, 0) is 49.7 Å². The number of amides is 7. The first-order valence-electron chi connectivity index (χ1n) is 26.1. The number of nitrogens with one attached hydrogen (secondary N) is 5. The van der Waals surface area contributed by atoms with Gasteiger partial charge in [0.2, 0.25) is 41.2 Å². The third kappa shape index (κ3) is 16.5. The second kappa shape index (κ2) is 28.8. The standard InChI is InChI=1S/C54H77N7O10/c1-4-7-29-42(49(55)65)59-51(67)43(30-8-5-2)57-45(62)32-56-53(69)48(64)41(20-6-3)58-52(68)44-31-38(71-34-35-21-12-9-13-22-35)33-61(44)54(70)46(36-23-14-10-15-24-36)60-50(66)40-28-19-18-27-39(40)47(63)37-25-16-11-17-26-37/h9,11-13,16-17,21-22,25-26,36,38-44,46H,4-8,10,14-15,18-20,23-24,27-34H2,1-3H3,(H2,55,65)(H,56,69)(H,57,62)(H,58,68)(H,59,67)(H,60,66)/t38-,39+,40+,41?,42?,43?,44+,46?/m1/s1. The minimum Gasteiger partial charge on any atom is -0.372 e. The minimum absolute atomic E-state index is 0.0303. The fraction of sp³-hybridized carbons (Fsp3) is 0.611. The number of benzene rings is 2. The van der Waals surface area contributed by atoms with Crippen molar-refractivity contribution in [3.8, 4) is 0 Å². The molecule has 8 atom stereocenters. The van der Waals surface area contributed by atoms with E-state index >= 15 is 4.79 Å². The number of nitrogens with two attached hydrogens (primary N) is 1. The highest BCUT2D eigenvalue weighted by Crippen LogP contribution is 2.35. The van der Waals surface area contributed by atoms with Gasteiger partial charge in [0.25, 0.3) is 5.91 Å². The van der Waals surface area contributed by atoms with Crippen LogP contribution in [-0.4, -0.2) is 107 Å². The molecule has 0 aromatic heterocycles. The Morgan fingerprint density at radius 1 is 0.662 bits per heavy atom. The molecule has 3 aliphatic rings. The van der Waals surface area contributed by atoms with Crippen LogP contribution in [0.3, 0.4) is 0 Å². The average molecular weight is 984 g/mol. The van der Waals surface area contributed by atoms with Gasteiger partial charge in [0, 0.05) is 30.4 Å². The molecule has 0 radical (unpaired) electrons. The van der Waals surface area contributed by atoms with Crippen molar-refractivity contribution in [2.45, 2.75) is 179 Å². The van der Waals surface area contributed by atoms with E-state index in [0.29, 0.717) is 56.9 Å². The molecule has 17 nitrogen and oxygen atoms in total. The van der Waals surface area contributed by atoms with Gasteiger partial charge in [-0.2, -0.15) is 0 Å². The van der Waals surface area contributed by atoms with Gasteiger partial charge >= 0.3 is 0 Å².